The molecule has 27 heavy (non-hydrogen) atoms. The molecule has 0 atom stereocenters. The number of carbonyl (C=O) groups is 2. The van der Waals surface area contributed by atoms with Crippen LogP contribution in [0, 0.1) is 0 Å². The molecule has 2 aromatic carbocycles. The van der Waals surface area contributed by atoms with Gasteiger partial charge >= 0.3 is 6.09 Å². The van der Waals surface area contributed by atoms with Crippen LogP contribution in [0.5, 0.6) is 5.75 Å². The number of rotatable bonds is 3. The predicted molar refractivity (Wildman–Crippen MR) is 103 cm³/mol. The fourth-order valence-corrected chi connectivity index (χ4v) is 2.82. The molecule has 0 aromatic heterocycles. The number of carbonyl (C=O) groups excluding carboxylic acids is 2. The van der Waals surface area contributed by atoms with Crippen LogP contribution in [-0.2, 0) is 16.1 Å². The van der Waals surface area contributed by atoms with Crippen molar-refractivity contribution in [3.8, 4) is 5.75 Å². The highest BCUT2D eigenvalue weighted by atomic mass is 16.6. The summed E-state index contributed by atoms with van der Waals surface area (Å²) in [7, 11) is 1.57. The van der Waals surface area contributed by atoms with Gasteiger partial charge in [0.15, 0.2) is 0 Å². The lowest BCUT2D eigenvalue weighted by atomic mass is 10.1. The van der Waals surface area contributed by atoms with E-state index in [9.17, 15) is 9.59 Å². The van der Waals surface area contributed by atoms with Crippen LogP contribution >= 0.6 is 0 Å². The van der Waals surface area contributed by atoms with Gasteiger partial charge < -0.3 is 14.4 Å². The third kappa shape index (κ3) is 4.16. The summed E-state index contributed by atoms with van der Waals surface area (Å²) < 4.78 is 10.5. The van der Waals surface area contributed by atoms with E-state index < -0.39 is 11.7 Å². The first kappa shape index (κ1) is 18.6. The lowest BCUT2D eigenvalue weighted by Gasteiger charge is -2.18. The number of benzene rings is 2. The van der Waals surface area contributed by atoms with E-state index in [1.165, 1.54) is 0 Å². The molecule has 2 aromatic rings. The number of methoxy groups -OCH3 is 1. The highest BCUT2D eigenvalue weighted by Gasteiger charge is 2.35. The Balaban J connectivity index is 2.00. The second-order valence-electron chi connectivity index (χ2n) is 7.20. The Morgan fingerprint density at radius 3 is 2.44 bits per heavy atom. The van der Waals surface area contributed by atoms with Gasteiger partial charge in [-0.3, -0.25) is 4.79 Å². The largest absolute Gasteiger partial charge is 0.497 e. The SMILES string of the molecule is COc1ccc2c(c1)N(Cc1ccccc1)C(=O)/C2=N\C(=O)OC(C)(C)C. The Bertz CT molecular complexity index is 898. The van der Waals surface area contributed by atoms with Crippen molar-refractivity contribution in [2.75, 3.05) is 12.0 Å². The molecular weight excluding hydrogens is 344 g/mol. The Kier molecular flexibility index (Phi) is 4.99. The van der Waals surface area contributed by atoms with Crippen molar-refractivity contribution in [1.29, 1.82) is 0 Å². The van der Waals surface area contributed by atoms with Crippen LogP contribution in [0.2, 0.25) is 0 Å². The lowest BCUT2D eigenvalue weighted by Crippen LogP contribution is -2.30. The second kappa shape index (κ2) is 7.23. The molecule has 1 aliphatic heterocycles. The minimum absolute atomic E-state index is 0.0813. The zero-order valence-electron chi connectivity index (χ0n) is 15.9. The Morgan fingerprint density at radius 2 is 1.81 bits per heavy atom. The first-order valence-electron chi connectivity index (χ1n) is 8.64. The van der Waals surface area contributed by atoms with Gasteiger partial charge in [-0.25, -0.2) is 4.79 Å². The van der Waals surface area contributed by atoms with Gasteiger partial charge in [-0.2, -0.15) is 4.99 Å². The number of hydrogen-bond acceptors (Lipinski definition) is 4. The van der Waals surface area contributed by atoms with Gasteiger partial charge in [-0.15, -0.1) is 0 Å². The highest BCUT2D eigenvalue weighted by molar-refractivity contribution is 6.55. The van der Waals surface area contributed by atoms with Crippen molar-refractivity contribution < 1.29 is 19.1 Å². The molecule has 0 bridgehead atoms. The molecule has 1 aliphatic rings. The highest BCUT2D eigenvalue weighted by Crippen LogP contribution is 2.34. The standard InChI is InChI=1S/C21H22N2O4/c1-21(2,3)27-20(25)22-18-16-11-10-15(26-4)12-17(16)23(19(18)24)13-14-8-6-5-7-9-14/h5-12H,13H2,1-4H3/b22-18-. The zero-order chi connectivity index (χ0) is 19.6. The van der Waals surface area contributed by atoms with Crippen molar-refractivity contribution in [2.45, 2.75) is 32.9 Å². The molecular formula is C21H22N2O4. The smallest absolute Gasteiger partial charge is 0.434 e. The first-order chi connectivity index (χ1) is 12.8. The molecule has 0 aliphatic carbocycles. The van der Waals surface area contributed by atoms with Crippen molar-refractivity contribution in [1.82, 2.24) is 0 Å². The Labute approximate surface area is 158 Å². The monoisotopic (exact) mass is 366 g/mol. The molecule has 1 heterocycles. The number of hydrogen-bond donors (Lipinski definition) is 0. The van der Waals surface area contributed by atoms with Crippen molar-refractivity contribution in [3.05, 3.63) is 59.7 Å². The number of fused-ring (bicyclic) bond motifs is 1. The fourth-order valence-electron chi connectivity index (χ4n) is 2.82. The molecule has 2 amide bonds. The normalized spacial score (nSPS) is 15.0. The molecule has 6 nitrogen and oxygen atoms in total. The van der Waals surface area contributed by atoms with Crippen LogP contribution in [0.3, 0.4) is 0 Å². The van der Waals surface area contributed by atoms with Crippen LogP contribution < -0.4 is 9.64 Å². The third-order valence-corrected chi connectivity index (χ3v) is 3.98. The maximum Gasteiger partial charge on any atom is 0.434 e. The summed E-state index contributed by atoms with van der Waals surface area (Å²) in [5.74, 6) is 0.283. The topological polar surface area (TPSA) is 68.2 Å². The number of aliphatic imine (C=N–C) groups is 1. The van der Waals surface area contributed by atoms with Gasteiger partial charge in [0.05, 0.1) is 19.3 Å². The Hall–Kier alpha value is -3.15. The quantitative estimate of drug-likeness (QED) is 0.824. The number of amides is 2. The van der Waals surface area contributed by atoms with E-state index in [2.05, 4.69) is 4.99 Å². The lowest BCUT2D eigenvalue weighted by molar-refractivity contribution is -0.112. The van der Waals surface area contributed by atoms with Gasteiger partial charge in [0, 0.05) is 11.6 Å². The maximum atomic E-state index is 13.0. The van der Waals surface area contributed by atoms with Crippen LogP contribution in [-0.4, -0.2) is 30.4 Å². The van der Waals surface area contributed by atoms with E-state index in [-0.39, 0.29) is 11.6 Å². The van der Waals surface area contributed by atoms with Crippen LogP contribution in [0.15, 0.2) is 53.5 Å². The molecule has 0 fully saturated rings. The molecule has 140 valence electrons. The van der Waals surface area contributed by atoms with Gasteiger partial charge in [0.2, 0.25) is 0 Å². The van der Waals surface area contributed by atoms with E-state index in [0.717, 1.165) is 5.56 Å². The molecule has 0 saturated heterocycles. The average molecular weight is 366 g/mol. The summed E-state index contributed by atoms with van der Waals surface area (Å²) in [5.41, 5.74) is 1.61. The first-order valence-corrected chi connectivity index (χ1v) is 8.64. The molecule has 0 radical (unpaired) electrons. The van der Waals surface area contributed by atoms with E-state index in [0.29, 0.717) is 23.5 Å². The van der Waals surface area contributed by atoms with Crippen LogP contribution in [0.4, 0.5) is 10.5 Å². The van der Waals surface area contributed by atoms with Gasteiger partial charge in [-0.05, 0) is 38.5 Å². The summed E-state index contributed by atoms with van der Waals surface area (Å²) in [6.07, 6.45) is -0.783. The van der Waals surface area contributed by atoms with Crippen LogP contribution in [0.25, 0.3) is 0 Å². The summed E-state index contributed by atoms with van der Waals surface area (Å²) in [6.45, 7) is 5.62. The van der Waals surface area contributed by atoms with Crippen molar-refractivity contribution >= 4 is 23.4 Å². The summed E-state index contributed by atoms with van der Waals surface area (Å²) in [6, 6.07) is 14.9. The molecule has 0 spiro atoms. The average Bonchev–Trinajstić information content (AvgIpc) is 2.86. The van der Waals surface area contributed by atoms with Gasteiger partial charge in [-0.1, -0.05) is 30.3 Å². The van der Waals surface area contributed by atoms with E-state index in [1.54, 1.807) is 51.0 Å². The fraction of sp³-hybridized carbons (Fsp3) is 0.286. The maximum absolute atomic E-state index is 13.0. The van der Waals surface area contributed by atoms with E-state index >= 15 is 0 Å². The minimum Gasteiger partial charge on any atom is -0.497 e. The number of nitrogens with zero attached hydrogens (tertiary/aromatic N) is 2. The molecule has 3 rings (SSSR count). The third-order valence-electron chi connectivity index (χ3n) is 3.98. The molecule has 0 saturated carbocycles. The molecule has 6 heteroatoms. The number of ether oxygens (including phenoxy) is 2. The summed E-state index contributed by atoms with van der Waals surface area (Å²) >= 11 is 0. The van der Waals surface area contributed by atoms with Crippen molar-refractivity contribution in [2.24, 2.45) is 4.99 Å². The Morgan fingerprint density at radius 1 is 1.11 bits per heavy atom. The van der Waals surface area contributed by atoms with Gasteiger partial charge in [0.1, 0.15) is 17.1 Å². The minimum atomic E-state index is -0.783. The van der Waals surface area contributed by atoms with Gasteiger partial charge in [0.25, 0.3) is 5.91 Å². The molecule has 0 N–H and O–H groups in total. The molecule has 0 unspecified atom stereocenters. The second-order valence-corrected chi connectivity index (χ2v) is 7.20. The van der Waals surface area contributed by atoms with Crippen LogP contribution in [0.1, 0.15) is 31.9 Å². The number of anilines is 1. The summed E-state index contributed by atoms with van der Waals surface area (Å²) in [5, 5.41) is 0. The zero-order valence-corrected chi connectivity index (χ0v) is 15.9. The predicted octanol–water partition coefficient (Wildman–Crippen LogP) is 3.97. The summed E-state index contributed by atoms with van der Waals surface area (Å²) in [4.78, 5) is 30.7. The van der Waals surface area contributed by atoms with Crippen molar-refractivity contribution in [3.63, 3.8) is 0 Å². The van der Waals surface area contributed by atoms with E-state index in [1.807, 2.05) is 30.3 Å². The van der Waals surface area contributed by atoms with E-state index in [4.69, 9.17) is 9.47 Å².